The van der Waals surface area contributed by atoms with Gasteiger partial charge in [-0.25, -0.2) is 4.99 Å². The normalized spacial score (nSPS) is 16.4. The molecule has 1 heterocycles. The molecule has 1 unspecified atom stereocenters. The van der Waals surface area contributed by atoms with Gasteiger partial charge in [-0.05, 0) is 93.8 Å². The molecule has 3 aromatic carbocycles. The predicted octanol–water partition coefficient (Wildman–Crippen LogP) is 5.38. The molecular formula is C29H32N4O4S. The number of phenols is 1. The number of fused-ring (bicyclic) bond motifs is 1. The molecule has 0 saturated heterocycles. The predicted molar refractivity (Wildman–Crippen MR) is 152 cm³/mol. The molecule has 0 aliphatic carbocycles. The Bertz CT molecular complexity index is 1410. The van der Waals surface area contributed by atoms with E-state index in [9.17, 15) is 14.7 Å². The van der Waals surface area contributed by atoms with Gasteiger partial charge in [0.05, 0.1) is 17.7 Å². The van der Waals surface area contributed by atoms with Gasteiger partial charge in [0, 0.05) is 27.5 Å². The number of nitrogens with zero attached hydrogens (tertiary/aromatic N) is 1. The molecule has 1 aliphatic heterocycles. The summed E-state index contributed by atoms with van der Waals surface area (Å²) in [6, 6.07) is 14.3. The van der Waals surface area contributed by atoms with Gasteiger partial charge in [-0.15, -0.1) is 11.8 Å². The summed E-state index contributed by atoms with van der Waals surface area (Å²) < 4.78 is 6.39. The quantitative estimate of drug-likeness (QED) is 0.182. The van der Waals surface area contributed by atoms with Crippen molar-refractivity contribution >= 4 is 40.8 Å². The van der Waals surface area contributed by atoms with Gasteiger partial charge in [-0.2, -0.15) is 0 Å². The summed E-state index contributed by atoms with van der Waals surface area (Å²) in [5.41, 5.74) is 14.5. The highest BCUT2D eigenvalue weighted by Crippen LogP contribution is 2.44. The zero-order valence-corrected chi connectivity index (χ0v) is 22.7. The molecule has 38 heavy (non-hydrogen) atoms. The Morgan fingerprint density at radius 1 is 1.05 bits per heavy atom. The molecule has 4 rings (SSSR count). The summed E-state index contributed by atoms with van der Waals surface area (Å²) in [5, 5.41) is 13.3. The molecule has 6 N–H and O–H groups in total. The number of carbonyl (C=O) groups excluding carboxylic acids is 2. The summed E-state index contributed by atoms with van der Waals surface area (Å²) in [4.78, 5) is 30.6. The van der Waals surface area contributed by atoms with Crippen molar-refractivity contribution in [3.8, 4) is 11.5 Å². The number of phenolic OH excluding ortho intramolecular Hbond substituents is 1. The lowest BCUT2D eigenvalue weighted by atomic mass is 9.85. The van der Waals surface area contributed by atoms with Crippen molar-refractivity contribution in [2.24, 2.45) is 16.5 Å². The van der Waals surface area contributed by atoms with Gasteiger partial charge in [0.15, 0.2) is 11.7 Å². The van der Waals surface area contributed by atoms with Gasteiger partial charge in [0.25, 0.3) is 5.91 Å². The number of rotatable bonds is 7. The summed E-state index contributed by atoms with van der Waals surface area (Å²) >= 11 is 1.66. The van der Waals surface area contributed by atoms with Crippen LogP contribution in [0.15, 0.2) is 58.4 Å². The van der Waals surface area contributed by atoms with Crippen molar-refractivity contribution in [2.45, 2.75) is 51.0 Å². The fraction of sp³-hybridized carbons (Fsp3) is 0.276. The number of carbonyl (C=O) groups is 2. The lowest BCUT2D eigenvalue weighted by Gasteiger charge is -2.37. The molecule has 0 radical (unpaired) electrons. The minimum Gasteiger partial charge on any atom is -0.507 e. The van der Waals surface area contributed by atoms with E-state index in [1.165, 1.54) is 0 Å². The Kier molecular flexibility index (Phi) is 7.68. The molecule has 8 nitrogen and oxygen atoms in total. The van der Waals surface area contributed by atoms with Gasteiger partial charge in [-0.1, -0.05) is 0 Å². The van der Waals surface area contributed by atoms with Crippen LogP contribution in [0.3, 0.4) is 0 Å². The van der Waals surface area contributed by atoms with Crippen LogP contribution in [0.1, 0.15) is 57.2 Å². The summed E-state index contributed by atoms with van der Waals surface area (Å²) in [6.07, 6.45) is 0.941. The number of hydrogen-bond donors (Lipinski definition) is 4. The van der Waals surface area contributed by atoms with Crippen LogP contribution in [-0.2, 0) is 0 Å². The first-order valence-electron chi connectivity index (χ1n) is 12.3. The van der Waals surface area contributed by atoms with Crippen molar-refractivity contribution < 1.29 is 19.4 Å². The third-order valence-electron chi connectivity index (χ3n) is 6.78. The van der Waals surface area contributed by atoms with Crippen molar-refractivity contribution in [3.63, 3.8) is 0 Å². The van der Waals surface area contributed by atoms with Crippen LogP contribution in [-0.4, -0.2) is 34.1 Å². The first-order chi connectivity index (χ1) is 18.0. The van der Waals surface area contributed by atoms with Gasteiger partial charge >= 0.3 is 0 Å². The van der Waals surface area contributed by atoms with Crippen LogP contribution in [0.25, 0.3) is 0 Å². The molecule has 0 aromatic heterocycles. The maximum atomic E-state index is 13.0. The molecule has 9 heteroatoms. The number of ether oxygens (including phenoxy) is 1. The van der Waals surface area contributed by atoms with E-state index >= 15 is 0 Å². The van der Waals surface area contributed by atoms with Crippen LogP contribution in [0.2, 0.25) is 0 Å². The number of aliphatic imine (C=N–C) groups is 1. The fourth-order valence-electron chi connectivity index (χ4n) is 4.48. The number of anilines is 1. The fourth-order valence-corrected chi connectivity index (χ4v) is 5.58. The summed E-state index contributed by atoms with van der Waals surface area (Å²) in [6.45, 7) is 7.44. The topological polar surface area (TPSA) is 140 Å². The summed E-state index contributed by atoms with van der Waals surface area (Å²) in [5.74, 6) is 1.23. The number of amides is 1. The van der Waals surface area contributed by atoms with E-state index in [2.05, 4.69) is 10.3 Å². The molecule has 198 valence electrons. The van der Waals surface area contributed by atoms with Crippen LogP contribution < -0.4 is 21.5 Å². The van der Waals surface area contributed by atoms with E-state index in [4.69, 9.17) is 16.2 Å². The van der Waals surface area contributed by atoms with Gasteiger partial charge < -0.3 is 26.6 Å². The highest BCUT2D eigenvalue weighted by atomic mass is 32.2. The molecule has 1 aliphatic rings. The van der Waals surface area contributed by atoms with E-state index in [1.807, 2.05) is 45.0 Å². The number of Topliss-reactive ketones (excluding diaryl/α,β-unsaturated/α-hetero) is 1. The van der Waals surface area contributed by atoms with Gasteiger partial charge in [-0.3, -0.25) is 9.59 Å². The number of nitrogens with two attached hydrogens (primary N) is 2. The zero-order valence-electron chi connectivity index (χ0n) is 21.9. The maximum absolute atomic E-state index is 13.0. The zero-order chi connectivity index (χ0) is 27.6. The van der Waals surface area contributed by atoms with Crippen molar-refractivity contribution in [1.29, 1.82) is 0 Å². The standard InChI is InChI=1S/C29H32N4O4S/c1-16-17(2)26-24(18(3)25(16)35)23(34)15-29(4,37-26)13-14-38-22-11-9-20(10-12-22)32-27(36)19-5-7-21(8-6-19)33-28(30)31/h5-12,35H,13-15H2,1-4H3,(H,32,36)(H4,30,31,33). The van der Waals surface area contributed by atoms with Crippen molar-refractivity contribution in [1.82, 2.24) is 0 Å². The van der Waals surface area contributed by atoms with E-state index in [1.54, 1.807) is 43.0 Å². The number of guanidine groups is 1. The number of aromatic hydroxyl groups is 1. The van der Waals surface area contributed by atoms with Crippen LogP contribution in [0.4, 0.5) is 11.4 Å². The molecule has 0 bridgehead atoms. The third-order valence-corrected chi connectivity index (χ3v) is 7.79. The number of nitrogens with one attached hydrogen (secondary N) is 1. The van der Waals surface area contributed by atoms with Crippen molar-refractivity contribution in [2.75, 3.05) is 11.1 Å². The number of ketones is 1. The van der Waals surface area contributed by atoms with Gasteiger partial charge in [0.2, 0.25) is 0 Å². The number of thioether (sulfide) groups is 1. The minimum absolute atomic E-state index is 0.000577. The van der Waals surface area contributed by atoms with E-state index < -0.39 is 5.60 Å². The lowest BCUT2D eigenvalue weighted by molar-refractivity contribution is 0.0497. The molecule has 1 atom stereocenters. The monoisotopic (exact) mass is 532 g/mol. The van der Waals surface area contributed by atoms with E-state index in [0.717, 1.165) is 21.8 Å². The lowest BCUT2D eigenvalue weighted by Crippen LogP contribution is -2.40. The average Bonchev–Trinajstić information content (AvgIpc) is 2.87. The Labute approximate surface area is 226 Å². The Balaban J connectivity index is 1.34. The van der Waals surface area contributed by atoms with Crippen LogP contribution >= 0.6 is 11.8 Å². The molecule has 0 fully saturated rings. The number of benzene rings is 3. The average molecular weight is 533 g/mol. The highest BCUT2D eigenvalue weighted by molar-refractivity contribution is 7.99. The molecule has 0 saturated carbocycles. The second kappa shape index (κ2) is 10.8. The van der Waals surface area contributed by atoms with Gasteiger partial charge in [0.1, 0.15) is 17.1 Å². The largest absolute Gasteiger partial charge is 0.507 e. The maximum Gasteiger partial charge on any atom is 0.255 e. The summed E-state index contributed by atoms with van der Waals surface area (Å²) in [7, 11) is 0. The van der Waals surface area contributed by atoms with E-state index in [-0.39, 0.29) is 29.8 Å². The number of hydrogen-bond acceptors (Lipinski definition) is 6. The Hall–Kier alpha value is -3.98. The van der Waals surface area contributed by atoms with E-state index in [0.29, 0.717) is 40.2 Å². The Morgan fingerprint density at radius 3 is 2.34 bits per heavy atom. The Morgan fingerprint density at radius 2 is 1.71 bits per heavy atom. The molecule has 1 amide bonds. The SMILES string of the molecule is Cc1c(C)c2c(c(C)c1O)C(=O)CC(C)(CCSc1ccc(NC(=O)c3ccc(N=C(N)N)cc3)cc1)O2. The molecule has 0 spiro atoms. The molecule has 3 aromatic rings. The molecular weight excluding hydrogens is 500 g/mol. The highest BCUT2D eigenvalue weighted by Gasteiger charge is 2.39. The second-order valence-corrected chi connectivity index (χ2v) is 10.9. The van der Waals surface area contributed by atoms with Crippen LogP contribution in [0.5, 0.6) is 11.5 Å². The smallest absolute Gasteiger partial charge is 0.255 e. The first-order valence-corrected chi connectivity index (χ1v) is 13.2. The second-order valence-electron chi connectivity index (χ2n) is 9.74. The van der Waals surface area contributed by atoms with Crippen molar-refractivity contribution in [3.05, 3.63) is 76.3 Å². The minimum atomic E-state index is -0.623. The third kappa shape index (κ3) is 5.78. The van der Waals surface area contributed by atoms with Crippen LogP contribution in [0, 0.1) is 20.8 Å². The first kappa shape index (κ1) is 27.1.